The fourth-order valence-corrected chi connectivity index (χ4v) is 1.76. The maximum absolute atomic E-state index is 13.3. The summed E-state index contributed by atoms with van der Waals surface area (Å²) in [4.78, 5) is 13.6. The maximum Gasteiger partial charge on any atom is 0.328 e. The first-order chi connectivity index (χ1) is 8.51. The van der Waals surface area contributed by atoms with Gasteiger partial charge < -0.3 is 9.47 Å². The Morgan fingerprint density at radius 3 is 2.61 bits per heavy atom. The predicted molar refractivity (Wildman–Crippen MR) is 66.0 cm³/mol. The van der Waals surface area contributed by atoms with Crippen molar-refractivity contribution in [3.63, 3.8) is 0 Å². The van der Waals surface area contributed by atoms with Crippen LogP contribution in [0.4, 0.5) is 4.39 Å². The summed E-state index contributed by atoms with van der Waals surface area (Å²) in [5.74, 6) is -0.378. The van der Waals surface area contributed by atoms with Crippen LogP contribution in [-0.2, 0) is 9.53 Å². The molecule has 0 N–H and O–H groups in total. The van der Waals surface area contributed by atoms with Gasteiger partial charge in [0.15, 0.2) is 0 Å². The quantitative estimate of drug-likeness (QED) is 0.754. The number of likely N-dealkylation sites (N-methyl/N-ethyl adjacent to an activating group) is 1. The summed E-state index contributed by atoms with van der Waals surface area (Å²) in [7, 11) is 4.94. The molecule has 4 nitrogen and oxygen atoms in total. The number of benzene rings is 1. The number of hydrogen-bond donors (Lipinski definition) is 0. The Bertz CT molecular complexity index is 421. The predicted octanol–water partition coefficient (Wildman–Crippen LogP) is 2.00. The molecule has 0 amide bonds. The van der Waals surface area contributed by atoms with E-state index in [1.807, 2.05) is 0 Å². The third-order valence-corrected chi connectivity index (χ3v) is 2.51. The average molecular weight is 255 g/mol. The SMILES string of the molecule is CCOC(=O)C(c1cc(F)ccc1OC)N(C)C. The number of esters is 1. The molecule has 0 bridgehead atoms. The Kier molecular flexibility index (Phi) is 5.09. The number of carbonyl (C=O) groups is 1. The topological polar surface area (TPSA) is 38.8 Å². The lowest BCUT2D eigenvalue weighted by Crippen LogP contribution is -2.29. The highest BCUT2D eigenvalue weighted by Crippen LogP contribution is 2.29. The molecule has 0 fully saturated rings. The van der Waals surface area contributed by atoms with Crippen LogP contribution < -0.4 is 4.74 Å². The number of carbonyl (C=O) groups excluding carboxylic acids is 1. The molecule has 1 unspecified atom stereocenters. The minimum Gasteiger partial charge on any atom is -0.496 e. The molecular weight excluding hydrogens is 237 g/mol. The van der Waals surface area contributed by atoms with Gasteiger partial charge in [0.05, 0.1) is 13.7 Å². The normalized spacial score (nSPS) is 12.3. The molecule has 18 heavy (non-hydrogen) atoms. The highest BCUT2D eigenvalue weighted by Gasteiger charge is 2.27. The average Bonchev–Trinajstić information content (AvgIpc) is 2.29. The fourth-order valence-electron chi connectivity index (χ4n) is 1.76. The van der Waals surface area contributed by atoms with Crippen molar-refractivity contribution in [1.29, 1.82) is 0 Å². The molecule has 0 aliphatic carbocycles. The van der Waals surface area contributed by atoms with E-state index < -0.39 is 17.8 Å². The first kappa shape index (κ1) is 14.4. The Morgan fingerprint density at radius 1 is 1.44 bits per heavy atom. The molecule has 0 aromatic heterocycles. The van der Waals surface area contributed by atoms with E-state index in [4.69, 9.17) is 9.47 Å². The van der Waals surface area contributed by atoms with Gasteiger partial charge in [0.2, 0.25) is 0 Å². The maximum atomic E-state index is 13.3. The Morgan fingerprint density at radius 2 is 2.11 bits per heavy atom. The zero-order valence-corrected chi connectivity index (χ0v) is 11.1. The molecule has 0 saturated heterocycles. The van der Waals surface area contributed by atoms with Crippen molar-refractivity contribution in [2.75, 3.05) is 27.8 Å². The van der Waals surface area contributed by atoms with Crippen LogP contribution in [0, 0.1) is 5.82 Å². The van der Waals surface area contributed by atoms with Crippen molar-refractivity contribution in [2.45, 2.75) is 13.0 Å². The third kappa shape index (κ3) is 3.20. The number of hydrogen-bond acceptors (Lipinski definition) is 4. The van der Waals surface area contributed by atoms with E-state index in [0.29, 0.717) is 11.3 Å². The number of halogens is 1. The van der Waals surface area contributed by atoms with E-state index in [2.05, 4.69) is 0 Å². The lowest BCUT2D eigenvalue weighted by atomic mass is 10.0. The molecule has 1 aromatic carbocycles. The number of nitrogens with zero attached hydrogens (tertiary/aromatic N) is 1. The molecule has 0 aliphatic heterocycles. The molecule has 0 saturated carbocycles. The van der Waals surface area contributed by atoms with Crippen molar-refractivity contribution in [3.05, 3.63) is 29.6 Å². The number of methoxy groups -OCH3 is 1. The second kappa shape index (κ2) is 6.35. The number of rotatable bonds is 5. The highest BCUT2D eigenvalue weighted by molar-refractivity contribution is 5.78. The van der Waals surface area contributed by atoms with Gasteiger partial charge in [-0.05, 0) is 39.2 Å². The van der Waals surface area contributed by atoms with E-state index in [0.717, 1.165) is 0 Å². The van der Waals surface area contributed by atoms with Gasteiger partial charge in [-0.3, -0.25) is 4.90 Å². The summed E-state index contributed by atoms with van der Waals surface area (Å²) in [5, 5.41) is 0. The van der Waals surface area contributed by atoms with Crippen molar-refractivity contribution >= 4 is 5.97 Å². The summed E-state index contributed by atoms with van der Waals surface area (Å²) in [6, 6.07) is 3.40. The zero-order chi connectivity index (χ0) is 13.7. The minimum absolute atomic E-state index is 0.279. The molecule has 0 heterocycles. The fraction of sp³-hybridized carbons (Fsp3) is 0.462. The monoisotopic (exact) mass is 255 g/mol. The summed E-state index contributed by atoms with van der Waals surface area (Å²) < 4.78 is 23.5. The van der Waals surface area contributed by atoms with E-state index in [1.54, 1.807) is 25.9 Å². The van der Waals surface area contributed by atoms with Gasteiger partial charge in [-0.2, -0.15) is 0 Å². The van der Waals surface area contributed by atoms with Crippen LogP contribution in [0.1, 0.15) is 18.5 Å². The molecule has 100 valence electrons. The molecule has 1 rings (SSSR count). The van der Waals surface area contributed by atoms with E-state index >= 15 is 0 Å². The van der Waals surface area contributed by atoms with E-state index in [1.165, 1.54) is 25.3 Å². The van der Waals surface area contributed by atoms with E-state index in [9.17, 15) is 9.18 Å². The first-order valence-corrected chi connectivity index (χ1v) is 5.67. The minimum atomic E-state index is -0.685. The van der Waals surface area contributed by atoms with Gasteiger partial charge in [0.25, 0.3) is 0 Å². The standard InChI is InChI=1S/C13H18FNO3/c1-5-18-13(16)12(15(2)3)10-8-9(14)6-7-11(10)17-4/h6-8,12H,5H2,1-4H3. The summed E-state index contributed by atoms with van der Waals surface area (Å²) in [5.41, 5.74) is 0.459. The molecule has 0 radical (unpaired) electrons. The van der Waals surface area contributed by atoms with Crippen LogP contribution >= 0.6 is 0 Å². The van der Waals surface area contributed by atoms with Crippen molar-refractivity contribution < 1.29 is 18.7 Å². The molecule has 0 spiro atoms. The van der Waals surface area contributed by atoms with Crippen molar-refractivity contribution in [1.82, 2.24) is 4.90 Å². The molecule has 1 aromatic rings. The summed E-state index contributed by atoms with van der Waals surface area (Å²) >= 11 is 0. The lowest BCUT2D eigenvalue weighted by molar-refractivity contribution is -0.148. The second-order valence-electron chi connectivity index (χ2n) is 4.00. The molecule has 5 heteroatoms. The van der Waals surface area contributed by atoms with Gasteiger partial charge in [-0.1, -0.05) is 0 Å². The Balaban J connectivity index is 3.20. The zero-order valence-electron chi connectivity index (χ0n) is 11.1. The van der Waals surface area contributed by atoms with Gasteiger partial charge >= 0.3 is 5.97 Å². The van der Waals surface area contributed by atoms with Crippen LogP contribution in [0.25, 0.3) is 0 Å². The van der Waals surface area contributed by atoms with Crippen molar-refractivity contribution in [3.8, 4) is 5.75 Å². The smallest absolute Gasteiger partial charge is 0.328 e. The largest absolute Gasteiger partial charge is 0.496 e. The van der Waals surface area contributed by atoms with Crippen molar-refractivity contribution in [2.24, 2.45) is 0 Å². The third-order valence-electron chi connectivity index (χ3n) is 2.51. The van der Waals surface area contributed by atoms with Crippen LogP contribution in [-0.4, -0.2) is 38.7 Å². The van der Waals surface area contributed by atoms with Crippen LogP contribution in [0.3, 0.4) is 0 Å². The van der Waals surface area contributed by atoms with E-state index in [-0.39, 0.29) is 6.61 Å². The Labute approximate surface area is 106 Å². The highest BCUT2D eigenvalue weighted by atomic mass is 19.1. The van der Waals surface area contributed by atoms with Gasteiger partial charge in [-0.15, -0.1) is 0 Å². The lowest BCUT2D eigenvalue weighted by Gasteiger charge is -2.24. The molecular formula is C13H18FNO3. The Hall–Kier alpha value is -1.62. The molecule has 0 aliphatic rings. The van der Waals surface area contributed by atoms with Gasteiger partial charge in [0.1, 0.15) is 17.6 Å². The van der Waals surface area contributed by atoms with Gasteiger partial charge in [-0.25, -0.2) is 9.18 Å². The van der Waals surface area contributed by atoms with Crippen LogP contribution in [0.15, 0.2) is 18.2 Å². The van der Waals surface area contributed by atoms with Gasteiger partial charge in [0, 0.05) is 5.56 Å². The summed E-state index contributed by atoms with van der Waals surface area (Å²) in [6.07, 6.45) is 0. The number of ether oxygens (including phenoxy) is 2. The summed E-state index contributed by atoms with van der Waals surface area (Å²) in [6.45, 7) is 2.01. The molecule has 1 atom stereocenters. The second-order valence-corrected chi connectivity index (χ2v) is 4.00. The van der Waals surface area contributed by atoms with Crippen LogP contribution in [0.5, 0.6) is 5.75 Å². The van der Waals surface area contributed by atoms with Crippen LogP contribution in [0.2, 0.25) is 0 Å². The first-order valence-electron chi connectivity index (χ1n) is 5.67.